The van der Waals surface area contributed by atoms with Gasteiger partial charge in [-0.2, -0.15) is 4.36 Å². The molecule has 0 amide bonds. The van der Waals surface area contributed by atoms with Crippen molar-refractivity contribution in [1.29, 1.82) is 0 Å². The number of fused-ring (bicyclic) bond motifs is 2. The maximum atomic E-state index is 14.3. The van der Waals surface area contributed by atoms with Gasteiger partial charge < -0.3 is 19.5 Å². The van der Waals surface area contributed by atoms with Crippen molar-refractivity contribution in [1.82, 2.24) is 9.97 Å². The summed E-state index contributed by atoms with van der Waals surface area (Å²) in [6.07, 6.45) is 4.13. The second-order valence-electron chi connectivity index (χ2n) is 9.06. The molecule has 0 aliphatic carbocycles. The van der Waals surface area contributed by atoms with E-state index < -0.39 is 27.3 Å². The van der Waals surface area contributed by atoms with Gasteiger partial charge in [-0.1, -0.05) is 24.3 Å². The van der Waals surface area contributed by atoms with E-state index in [0.717, 1.165) is 12.8 Å². The molecule has 3 atom stereocenters. The Morgan fingerprint density at radius 2 is 2.17 bits per heavy atom. The highest BCUT2D eigenvalue weighted by Crippen LogP contribution is 2.42. The van der Waals surface area contributed by atoms with E-state index in [-0.39, 0.29) is 11.9 Å². The highest BCUT2D eigenvalue weighted by molar-refractivity contribution is 7.95. The lowest BCUT2D eigenvalue weighted by molar-refractivity contribution is -0.0299. The summed E-state index contributed by atoms with van der Waals surface area (Å²) in [5, 5.41) is 4.13. The molecule has 0 bridgehead atoms. The Morgan fingerprint density at radius 3 is 2.94 bits per heavy atom. The van der Waals surface area contributed by atoms with Crippen LogP contribution in [-0.2, 0) is 19.2 Å². The molecule has 0 radical (unpaired) electrons. The summed E-state index contributed by atoms with van der Waals surface area (Å²) in [5.41, 5.74) is 0.771. The first-order valence-corrected chi connectivity index (χ1v) is 13.9. The van der Waals surface area contributed by atoms with Gasteiger partial charge in [0.2, 0.25) is 0 Å². The molecular formula is C25H24ClFN4O4S. The van der Waals surface area contributed by atoms with Crippen LogP contribution in [0.25, 0.3) is 10.9 Å². The van der Waals surface area contributed by atoms with Crippen molar-refractivity contribution >= 4 is 49.4 Å². The monoisotopic (exact) mass is 530 g/mol. The fourth-order valence-corrected chi connectivity index (χ4v) is 6.64. The summed E-state index contributed by atoms with van der Waals surface area (Å²) in [7, 11) is -2.19. The number of anilines is 2. The van der Waals surface area contributed by atoms with Crippen molar-refractivity contribution in [3.63, 3.8) is 0 Å². The van der Waals surface area contributed by atoms with E-state index in [1.165, 1.54) is 18.5 Å². The minimum atomic E-state index is -2.19. The fourth-order valence-electron chi connectivity index (χ4n) is 4.88. The third-order valence-electron chi connectivity index (χ3n) is 6.85. The van der Waals surface area contributed by atoms with Crippen molar-refractivity contribution in [2.75, 3.05) is 30.0 Å². The number of halogens is 2. The molecule has 2 aromatic carbocycles. The normalized spacial score (nSPS) is 26.3. The van der Waals surface area contributed by atoms with Gasteiger partial charge >= 0.3 is 0 Å². The lowest BCUT2D eigenvalue weighted by Gasteiger charge is -2.30. The van der Waals surface area contributed by atoms with E-state index in [1.54, 1.807) is 24.3 Å². The summed E-state index contributed by atoms with van der Waals surface area (Å²) in [5.74, 6) is 1.43. The molecule has 6 rings (SSSR count). The van der Waals surface area contributed by atoms with Gasteiger partial charge in [-0.15, -0.1) is 0 Å². The van der Waals surface area contributed by atoms with E-state index in [4.69, 9.17) is 25.8 Å². The van der Waals surface area contributed by atoms with Crippen molar-refractivity contribution in [3.8, 4) is 5.75 Å². The molecule has 0 spiro atoms. The maximum Gasteiger partial charge on any atom is 0.157 e. The maximum absolute atomic E-state index is 14.3. The van der Waals surface area contributed by atoms with Crippen LogP contribution in [0, 0.1) is 5.82 Å². The second kappa shape index (κ2) is 8.95. The van der Waals surface area contributed by atoms with Crippen LogP contribution in [-0.4, -0.2) is 56.7 Å². The number of hydrogen-bond donors (Lipinski definition) is 1. The third-order valence-corrected chi connectivity index (χ3v) is 9.54. The Bertz CT molecular complexity index is 1480. The number of rotatable bonds is 6. The first-order chi connectivity index (χ1) is 17.4. The SMILES string of the molecule is C=CC12OCCC1OC[C@H]2Oc1cc(F)ccc1Nc1ncnc2cc(N=S3(=O)CCC3)cc(Cl)c12. The average molecular weight is 531 g/mol. The van der Waals surface area contributed by atoms with Crippen molar-refractivity contribution < 1.29 is 22.8 Å². The Kier molecular flexibility index (Phi) is 5.87. The van der Waals surface area contributed by atoms with Crippen LogP contribution < -0.4 is 10.1 Å². The Hall–Kier alpha value is -2.79. The average Bonchev–Trinajstić information content (AvgIpc) is 3.40. The van der Waals surface area contributed by atoms with Crippen molar-refractivity contribution in [2.24, 2.45) is 4.36 Å². The number of ether oxygens (including phenoxy) is 3. The number of hydrogen-bond acceptors (Lipinski definition) is 8. The van der Waals surface area contributed by atoms with E-state index in [9.17, 15) is 8.60 Å². The van der Waals surface area contributed by atoms with E-state index in [1.807, 2.05) is 0 Å². The zero-order valence-corrected chi connectivity index (χ0v) is 20.9. The van der Waals surface area contributed by atoms with E-state index >= 15 is 0 Å². The molecule has 1 aromatic heterocycles. The molecule has 0 saturated carbocycles. The van der Waals surface area contributed by atoms with Crippen LogP contribution in [0.4, 0.5) is 21.6 Å². The topological polar surface area (TPSA) is 94.9 Å². The first kappa shape index (κ1) is 23.6. The minimum Gasteiger partial charge on any atom is -0.482 e. The molecule has 188 valence electrons. The molecule has 3 aromatic rings. The Labute approximate surface area is 213 Å². The van der Waals surface area contributed by atoms with Crippen LogP contribution in [0.5, 0.6) is 5.75 Å². The predicted octanol–water partition coefficient (Wildman–Crippen LogP) is 5.16. The summed E-state index contributed by atoms with van der Waals surface area (Å²) in [6.45, 7) is 4.76. The third kappa shape index (κ3) is 4.02. The van der Waals surface area contributed by atoms with Gasteiger partial charge in [0.15, 0.2) is 11.7 Å². The number of nitrogens with one attached hydrogen (secondary N) is 1. The largest absolute Gasteiger partial charge is 0.482 e. The van der Waals surface area contributed by atoms with Gasteiger partial charge in [0.05, 0.1) is 56.3 Å². The van der Waals surface area contributed by atoms with Gasteiger partial charge in [0.25, 0.3) is 0 Å². The fraction of sp³-hybridized carbons (Fsp3) is 0.360. The molecule has 4 heterocycles. The zero-order valence-electron chi connectivity index (χ0n) is 19.3. The van der Waals surface area contributed by atoms with Crippen LogP contribution in [0.15, 0.2) is 53.7 Å². The van der Waals surface area contributed by atoms with Crippen LogP contribution in [0.2, 0.25) is 5.02 Å². The summed E-state index contributed by atoms with van der Waals surface area (Å²) < 4.78 is 49.3. The van der Waals surface area contributed by atoms with Crippen LogP contribution in [0.3, 0.4) is 0 Å². The highest BCUT2D eigenvalue weighted by Gasteiger charge is 2.55. The van der Waals surface area contributed by atoms with Gasteiger partial charge in [0, 0.05) is 24.0 Å². The molecule has 3 fully saturated rings. The molecule has 3 aliphatic heterocycles. The summed E-state index contributed by atoms with van der Waals surface area (Å²) in [4.78, 5) is 8.70. The van der Waals surface area contributed by atoms with Crippen LogP contribution >= 0.6 is 11.6 Å². The number of benzene rings is 2. The first-order valence-electron chi connectivity index (χ1n) is 11.7. The van der Waals surface area contributed by atoms with E-state index in [0.29, 0.717) is 57.8 Å². The lowest BCUT2D eigenvalue weighted by Crippen LogP contribution is -2.46. The number of nitrogens with zero attached hydrogens (tertiary/aromatic N) is 3. The lowest BCUT2D eigenvalue weighted by atomic mass is 9.93. The molecule has 1 N–H and O–H groups in total. The Morgan fingerprint density at radius 1 is 1.31 bits per heavy atom. The number of aromatic nitrogens is 2. The van der Waals surface area contributed by atoms with Gasteiger partial charge in [-0.05, 0) is 30.7 Å². The molecule has 2 unspecified atom stereocenters. The molecule has 36 heavy (non-hydrogen) atoms. The van der Waals surface area contributed by atoms with Gasteiger partial charge in [-0.3, -0.25) is 0 Å². The minimum absolute atomic E-state index is 0.149. The molecular weight excluding hydrogens is 507 g/mol. The summed E-state index contributed by atoms with van der Waals surface area (Å²) in [6, 6.07) is 7.60. The Balaban J connectivity index is 1.35. The standard InChI is InChI=1S/C25H24ClFN4O4S/c1-2-25-21(6-7-34-25)33-13-22(25)35-20-10-15(27)4-5-18(20)30-24-23-17(26)11-16(12-19(23)28-14-29-24)31-36(32)8-3-9-36/h2,4-5,10-12,14,21-22H,1,3,6-9,13H2,(H,28,29,30)/t21?,22-,25?/m1/s1. The second-order valence-corrected chi connectivity index (χ2v) is 12.0. The molecule has 8 nitrogen and oxygen atoms in total. The molecule has 11 heteroatoms. The summed E-state index contributed by atoms with van der Waals surface area (Å²) >= 11 is 6.62. The zero-order chi connectivity index (χ0) is 24.9. The van der Waals surface area contributed by atoms with Gasteiger partial charge in [-0.25, -0.2) is 18.6 Å². The van der Waals surface area contributed by atoms with Crippen molar-refractivity contribution in [2.45, 2.75) is 30.7 Å². The van der Waals surface area contributed by atoms with Crippen molar-refractivity contribution in [3.05, 3.63) is 60.2 Å². The molecule has 3 aliphatic rings. The van der Waals surface area contributed by atoms with E-state index in [2.05, 4.69) is 26.2 Å². The quantitative estimate of drug-likeness (QED) is 0.440. The van der Waals surface area contributed by atoms with Crippen LogP contribution in [0.1, 0.15) is 12.8 Å². The highest BCUT2D eigenvalue weighted by atomic mass is 35.5. The molecule has 3 saturated heterocycles. The smallest absolute Gasteiger partial charge is 0.157 e. The van der Waals surface area contributed by atoms with Gasteiger partial charge in [0.1, 0.15) is 23.7 Å². The predicted molar refractivity (Wildman–Crippen MR) is 136 cm³/mol.